The van der Waals surface area contributed by atoms with E-state index in [0.29, 0.717) is 32.5 Å². The smallest absolute Gasteiger partial charge is 0.409 e. The van der Waals surface area contributed by atoms with E-state index in [2.05, 4.69) is 5.32 Å². The third-order valence-corrected chi connectivity index (χ3v) is 4.32. The van der Waals surface area contributed by atoms with Crippen molar-refractivity contribution in [2.24, 2.45) is 0 Å². The number of nitrogen functional groups attached to an aromatic ring is 1. The van der Waals surface area contributed by atoms with Crippen LogP contribution in [0.5, 0.6) is 0 Å². The second-order valence-corrected chi connectivity index (χ2v) is 6.21. The topological polar surface area (TPSA) is 111 Å². The molecule has 1 aliphatic heterocycles. The highest BCUT2D eigenvalue weighted by Gasteiger charge is 2.25. The average Bonchev–Trinajstić information content (AvgIpc) is 2.63. The lowest BCUT2D eigenvalue weighted by Gasteiger charge is -2.31. The fourth-order valence-corrected chi connectivity index (χ4v) is 2.79. The monoisotopic (exact) mass is 383 g/mol. The minimum Gasteiger partial charge on any atom is -0.452 e. The zero-order valence-corrected chi connectivity index (χ0v) is 15.3. The van der Waals surface area contributed by atoms with Crippen molar-refractivity contribution < 1.29 is 23.9 Å². The third-order valence-electron chi connectivity index (χ3n) is 3.99. The van der Waals surface area contributed by atoms with Crippen LogP contribution in [0.25, 0.3) is 0 Å². The lowest BCUT2D eigenvalue weighted by atomic mass is 10.1. The number of nitrogens with two attached hydrogens (primary N) is 1. The molecule has 0 aromatic heterocycles. The fraction of sp³-hybridized carbons (Fsp3) is 0.471. The lowest BCUT2D eigenvalue weighted by molar-refractivity contribution is -0.125. The van der Waals surface area contributed by atoms with E-state index in [0.717, 1.165) is 0 Å². The number of halogens is 1. The molecule has 0 bridgehead atoms. The summed E-state index contributed by atoms with van der Waals surface area (Å²) in [7, 11) is 0. The molecule has 1 aliphatic rings. The van der Waals surface area contributed by atoms with Gasteiger partial charge >= 0.3 is 12.1 Å². The number of likely N-dealkylation sites (tertiary alicyclic amines) is 1. The van der Waals surface area contributed by atoms with Crippen molar-refractivity contribution in [2.75, 3.05) is 32.0 Å². The number of nitrogens with one attached hydrogen (secondary N) is 1. The molecule has 8 nitrogen and oxygen atoms in total. The third kappa shape index (κ3) is 5.26. The van der Waals surface area contributed by atoms with Crippen LogP contribution in [0, 0.1) is 0 Å². The fourth-order valence-electron chi connectivity index (χ4n) is 2.61. The van der Waals surface area contributed by atoms with Gasteiger partial charge in [-0.2, -0.15) is 0 Å². The van der Waals surface area contributed by atoms with Gasteiger partial charge < -0.3 is 25.4 Å². The van der Waals surface area contributed by atoms with Gasteiger partial charge in [-0.3, -0.25) is 4.79 Å². The van der Waals surface area contributed by atoms with Gasteiger partial charge in [-0.05, 0) is 31.9 Å². The van der Waals surface area contributed by atoms with Gasteiger partial charge in [0.1, 0.15) is 0 Å². The van der Waals surface area contributed by atoms with Crippen molar-refractivity contribution in [3.8, 4) is 0 Å². The Kier molecular flexibility index (Phi) is 7.08. The Morgan fingerprint density at radius 3 is 2.62 bits per heavy atom. The summed E-state index contributed by atoms with van der Waals surface area (Å²) >= 11 is 5.85. The molecule has 0 saturated carbocycles. The molecule has 26 heavy (non-hydrogen) atoms. The molecule has 1 aromatic rings. The summed E-state index contributed by atoms with van der Waals surface area (Å²) in [5, 5.41) is 3.04. The van der Waals surface area contributed by atoms with Crippen molar-refractivity contribution in [1.82, 2.24) is 10.2 Å². The summed E-state index contributed by atoms with van der Waals surface area (Å²) in [5.74, 6) is -1.12. The van der Waals surface area contributed by atoms with E-state index in [9.17, 15) is 14.4 Å². The van der Waals surface area contributed by atoms with Crippen LogP contribution in [-0.2, 0) is 14.3 Å². The Morgan fingerprint density at radius 2 is 1.96 bits per heavy atom. The molecular weight excluding hydrogens is 362 g/mol. The first-order valence-electron chi connectivity index (χ1n) is 8.34. The number of anilines is 1. The van der Waals surface area contributed by atoms with E-state index in [4.69, 9.17) is 26.8 Å². The highest BCUT2D eigenvalue weighted by Crippen LogP contribution is 2.22. The van der Waals surface area contributed by atoms with Crippen LogP contribution in [0.15, 0.2) is 18.2 Å². The number of carbonyl (C=O) groups excluding carboxylic acids is 3. The van der Waals surface area contributed by atoms with E-state index in [-0.39, 0.29) is 28.4 Å². The molecule has 0 spiro atoms. The van der Waals surface area contributed by atoms with Crippen molar-refractivity contribution in [3.05, 3.63) is 28.8 Å². The largest absolute Gasteiger partial charge is 0.452 e. The van der Waals surface area contributed by atoms with Gasteiger partial charge in [-0.25, -0.2) is 9.59 Å². The molecule has 0 aliphatic carbocycles. The van der Waals surface area contributed by atoms with Gasteiger partial charge in [0.05, 0.1) is 22.9 Å². The first kappa shape index (κ1) is 19.8. The first-order chi connectivity index (χ1) is 12.4. The molecule has 2 amide bonds. The van der Waals surface area contributed by atoms with E-state index >= 15 is 0 Å². The van der Waals surface area contributed by atoms with Gasteiger partial charge in [-0.15, -0.1) is 0 Å². The van der Waals surface area contributed by atoms with Gasteiger partial charge in [0.2, 0.25) is 0 Å². The van der Waals surface area contributed by atoms with Crippen LogP contribution < -0.4 is 11.1 Å². The first-order valence-corrected chi connectivity index (χ1v) is 8.72. The number of rotatable bonds is 5. The van der Waals surface area contributed by atoms with Crippen molar-refractivity contribution in [1.29, 1.82) is 0 Å². The number of nitrogens with zero attached hydrogens (tertiary/aromatic N) is 1. The molecule has 1 saturated heterocycles. The van der Waals surface area contributed by atoms with E-state index in [1.54, 1.807) is 24.0 Å². The molecule has 2 rings (SSSR count). The van der Waals surface area contributed by atoms with Crippen LogP contribution >= 0.6 is 11.6 Å². The molecule has 1 heterocycles. The maximum absolute atomic E-state index is 12.0. The molecule has 0 unspecified atom stereocenters. The predicted octanol–water partition coefficient (Wildman–Crippen LogP) is 1.82. The number of benzene rings is 1. The molecule has 3 N–H and O–H groups in total. The predicted molar refractivity (Wildman–Crippen MR) is 95.9 cm³/mol. The van der Waals surface area contributed by atoms with E-state index in [1.165, 1.54) is 6.07 Å². The number of ether oxygens (including phenoxy) is 2. The summed E-state index contributed by atoms with van der Waals surface area (Å²) in [4.78, 5) is 37.2. The number of hydrogen-bond donors (Lipinski definition) is 2. The number of piperidine rings is 1. The minimum atomic E-state index is -0.711. The number of hydrogen-bond acceptors (Lipinski definition) is 6. The highest BCUT2D eigenvalue weighted by atomic mass is 35.5. The van der Waals surface area contributed by atoms with Crippen molar-refractivity contribution in [3.63, 3.8) is 0 Å². The van der Waals surface area contributed by atoms with Crippen LogP contribution in [0.2, 0.25) is 5.02 Å². The standard InChI is InChI=1S/C17H22ClN3O5/c1-2-25-17(24)21-8-6-11(7-9-21)20-14(22)10-26-16(23)12-4-3-5-13(18)15(12)19/h3-5,11H,2,6-10,19H2,1H3,(H,20,22). The molecule has 0 radical (unpaired) electrons. The normalized spacial score (nSPS) is 14.6. The number of carbonyl (C=O) groups is 3. The summed E-state index contributed by atoms with van der Waals surface area (Å²) < 4.78 is 9.93. The second kappa shape index (κ2) is 9.28. The lowest BCUT2D eigenvalue weighted by Crippen LogP contribution is -2.47. The van der Waals surface area contributed by atoms with Gasteiger partial charge in [0.25, 0.3) is 5.91 Å². The van der Waals surface area contributed by atoms with Gasteiger partial charge in [-0.1, -0.05) is 17.7 Å². The summed E-state index contributed by atoms with van der Waals surface area (Å²) in [6.45, 7) is 2.68. The van der Waals surface area contributed by atoms with Crippen molar-refractivity contribution in [2.45, 2.75) is 25.8 Å². The molecular formula is C17H22ClN3O5. The Morgan fingerprint density at radius 1 is 1.27 bits per heavy atom. The number of amides is 2. The average molecular weight is 384 g/mol. The Hall–Kier alpha value is -2.48. The molecule has 0 atom stereocenters. The van der Waals surface area contributed by atoms with Crippen LogP contribution in [-0.4, -0.2) is 55.2 Å². The molecule has 9 heteroatoms. The maximum Gasteiger partial charge on any atom is 0.409 e. The van der Waals surface area contributed by atoms with Crippen molar-refractivity contribution >= 4 is 35.3 Å². The summed E-state index contributed by atoms with van der Waals surface area (Å²) in [6.07, 6.45) is 0.879. The Labute approximate surface area is 156 Å². The number of esters is 1. The molecule has 1 aromatic carbocycles. The summed E-state index contributed by atoms with van der Waals surface area (Å²) in [5.41, 5.74) is 5.96. The molecule has 1 fully saturated rings. The highest BCUT2D eigenvalue weighted by molar-refractivity contribution is 6.33. The van der Waals surface area contributed by atoms with E-state index < -0.39 is 18.5 Å². The van der Waals surface area contributed by atoms with E-state index in [1.807, 2.05) is 0 Å². The molecule has 142 valence electrons. The van der Waals surface area contributed by atoms with Gasteiger partial charge in [0, 0.05) is 19.1 Å². The zero-order valence-electron chi connectivity index (χ0n) is 14.5. The Bertz CT molecular complexity index is 674. The second-order valence-electron chi connectivity index (χ2n) is 5.80. The van der Waals surface area contributed by atoms with Crippen LogP contribution in [0.3, 0.4) is 0 Å². The SMILES string of the molecule is CCOC(=O)N1CCC(NC(=O)COC(=O)c2cccc(Cl)c2N)CC1. The van der Waals surface area contributed by atoms with Crippen LogP contribution in [0.1, 0.15) is 30.1 Å². The maximum atomic E-state index is 12.0. The number of para-hydroxylation sites is 1. The minimum absolute atomic E-state index is 0.0804. The van der Waals surface area contributed by atoms with Crippen LogP contribution in [0.4, 0.5) is 10.5 Å². The van der Waals surface area contributed by atoms with Gasteiger partial charge in [0.15, 0.2) is 6.61 Å². The summed E-state index contributed by atoms with van der Waals surface area (Å²) in [6, 6.07) is 4.53. The quantitative estimate of drug-likeness (QED) is 0.592. The zero-order chi connectivity index (χ0) is 19.1. The Balaban J connectivity index is 1.75.